The average Bonchev–Trinajstić information content (AvgIpc) is 2.96. The van der Waals surface area contributed by atoms with Crippen molar-refractivity contribution in [3.8, 4) is 11.5 Å². The van der Waals surface area contributed by atoms with E-state index >= 15 is 0 Å². The second-order valence-electron chi connectivity index (χ2n) is 12.5. The van der Waals surface area contributed by atoms with Crippen molar-refractivity contribution in [2.45, 2.75) is 58.7 Å². The molecule has 1 aromatic carbocycles. The average molecular weight is 653 g/mol. The zero-order valence-electron chi connectivity index (χ0n) is 26.3. The lowest BCUT2D eigenvalue weighted by Gasteiger charge is -2.41. The van der Waals surface area contributed by atoms with Gasteiger partial charge in [-0.25, -0.2) is 0 Å². The molecule has 0 aliphatic heterocycles. The predicted octanol–water partition coefficient (Wildman–Crippen LogP) is 0.291. The molecular weight excluding hydrogens is 624 g/mol. The molecule has 0 bridgehead atoms. The van der Waals surface area contributed by atoms with E-state index in [0.717, 1.165) is 31.2 Å². The lowest BCUT2D eigenvalue weighted by Crippen LogP contribution is -2.46. The topological polar surface area (TPSA) is 210 Å². The van der Waals surface area contributed by atoms with Crippen molar-refractivity contribution in [2.75, 3.05) is 0 Å². The molecule has 0 saturated carbocycles. The first-order valence-electron chi connectivity index (χ1n) is 14.9. The van der Waals surface area contributed by atoms with Gasteiger partial charge in [-0.15, -0.1) is 0 Å². The Balaban J connectivity index is 1.68. The van der Waals surface area contributed by atoms with Gasteiger partial charge in [-0.1, -0.05) is 0 Å². The Hall–Kier alpha value is -5.75. The molecule has 244 valence electrons. The maximum Gasteiger partial charge on any atom is 0.302 e. The zero-order chi connectivity index (χ0) is 35.3. The predicted molar refractivity (Wildman–Crippen MR) is 170 cm³/mol. The zero-order valence-corrected chi connectivity index (χ0v) is 26.3. The van der Waals surface area contributed by atoms with E-state index < -0.39 is 96.4 Å². The number of hydrogen-bond acceptors (Lipinski definition) is 12. The standard InChI is InChI=1S/C36H28O12/c1-12-10-20(39)25-27(22(12)13(2)37)32(43)18-8-6-16(30(41)23(18)34(25)45)17-7-9-19-24(31(17)42)35(46)26-21(40)11-36(5,47)29(28(26)33(19)44)14(3)48-15(4)38/h6-10,14,29,37,44,46-47H,11H2,1-5H3. The van der Waals surface area contributed by atoms with Gasteiger partial charge in [0.05, 0.1) is 38.8 Å². The number of aliphatic hydroxyl groups excluding tert-OH is 1. The number of Topliss-reactive ketones (excluding diaryl/α,β-unsaturated/α-hetero) is 2. The number of allylic oxidation sites excluding steroid dienone is 1. The van der Waals surface area contributed by atoms with Crippen molar-refractivity contribution in [2.24, 2.45) is 0 Å². The van der Waals surface area contributed by atoms with Gasteiger partial charge in [-0.05, 0) is 63.6 Å². The Labute approximate surface area is 268 Å². The summed E-state index contributed by atoms with van der Waals surface area (Å²) in [6.45, 7) is 6.68. The molecule has 5 aliphatic carbocycles. The minimum Gasteiger partial charge on any atom is -0.512 e. The third-order valence-electron chi connectivity index (χ3n) is 9.23. The number of fused-ring (bicyclic) bond motifs is 2. The first kappa shape index (κ1) is 32.2. The summed E-state index contributed by atoms with van der Waals surface area (Å²) in [6, 6.07) is 3.36. The highest BCUT2D eigenvalue weighted by Crippen LogP contribution is 2.52. The maximum atomic E-state index is 14.0. The number of aromatic hydroxyl groups is 2. The Kier molecular flexibility index (Phi) is 7.14. The van der Waals surface area contributed by atoms with E-state index in [0.29, 0.717) is 0 Å². The Bertz CT molecular complexity index is 2710. The third-order valence-corrected chi connectivity index (χ3v) is 9.23. The van der Waals surface area contributed by atoms with Crippen molar-refractivity contribution in [1.82, 2.24) is 0 Å². The van der Waals surface area contributed by atoms with Gasteiger partial charge < -0.3 is 25.2 Å². The quantitative estimate of drug-likeness (QED) is 0.170. The van der Waals surface area contributed by atoms with Crippen LogP contribution >= 0.6 is 0 Å². The van der Waals surface area contributed by atoms with Crippen molar-refractivity contribution < 1.29 is 39.5 Å². The van der Waals surface area contributed by atoms with E-state index in [2.05, 4.69) is 0 Å². The molecule has 1 aromatic rings. The first-order valence-corrected chi connectivity index (χ1v) is 14.9. The highest BCUT2D eigenvalue weighted by atomic mass is 16.5. The largest absolute Gasteiger partial charge is 0.512 e. The molecule has 0 amide bonds. The van der Waals surface area contributed by atoms with Crippen LogP contribution in [0.25, 0.3) is 17.4 Å². The minimum atomic E-state index is -1.82. The summed E-state index contributed by atoms with van der Waals surface area (Å²) >= 11 is 0. The van der Waals surface area contributed by atoms with Crippen LogP contribution in [-0.2, 0) is 9.53 Å². The molecule has 0 aromatic heterocycles. The number of rotatable bonds is 2. The fraction of sp³-hybridized carbons (Fsp3) is 0.250. The molecule has 5 aliphatic rings. The molecule has 6 rings (SSSR count). The summed E-state index contributed by atoms with van der Waals surface area (Å²) in [6.07, 6.45) is 0.733. The number of benzene rings is 1. The van der Waals surface area contributed by atoms with E-state index in [1.54, 1.807) is 0 Å². The lowest BCUT2D eigenvalue weighted by atomic mass is 9.67. The van der Waals surface area contributed by atoms with E-state index in [-0.39, 0.29) is 48.9 Å². The number of carbonyl (C=O) groups excluding carboxylic acids is 3. The summed E-state index contributed by atoms with van der Waals surface area (Å²) in [7, 11) is 0. The molecule has 12 heteroatoms. The molecule has 12 nitrogen and oxygen atoms in total. The number of hydrogen-bond donors (Lipinski definition) is 4. The molecule has 0 spiro atoms. The van der Waals surface area contributed by atoms with Crippen LogP contribution in [0, 0.1) is 27.8 Å². The Morgan fingerprint density at radius 3 is 2.15 bits per heavy atom. The molecule has 0 saturated heterocycles. The summed E-state index contributed by atoms with van der Waals surface area (Å²) < 4.78 is 5.27. The van der Waals surface area contributed by atoms with Crippen molar-refractivity contribution in [3.05, 3.63) is 124 Å². The lowest BCUT2D eigenvalue weighted by molar-refractivity contribution is -0.150. The number of esters is 1. The number of phenolic OH excluding ortho intramolecular Hbond substituents is 2. The van der Waals surface area contributed by atoms with Crippen LogP contribution in [-0.4, -0.2) is 49.7 Å². The minimum absolute atomic E-state index is 0.000613. The molecule has 3 unspecified atom stereocenters. The van der Waals surface area contributed by atoms with Crippen LogP contribution in [0.1, 0.15) is 77.4 Å². The van der Waals surface area contributed by atoms with Crippen LogP contribution in [0.5, 0.6) is 11.5 Å². The summed E-state index contributed by atoms with van der Waals surface area (Å²) in [5.41, 5.74) is -7.13. The monoisotopic (exact) mass is 652 g/mol. The van der Waals surface area contributed by atoms with Crippen molar-refractivity contribution in [3.63, 3.8) is 0 Å². The second-order valence-corrected chi connectivity index (χ2v) is 12.5. The molecule has 4 N–H and O–H groups in total. The molecule has 0 fully saturated rings. The van der Waals surface area contributed by atoms with Gasteiger partial charge in [0.1, 0.15) is 17.6 Å². The molecule has 0 heterocycles. The third kappa shape index (κ3) is 4.36. The van der Waals surface area contributed by atoms with Gasteiger partial charge in [0, 0.05) is 50.9 Å². The molecule has 0 radical (unpaired) electrons. The van der Waals surface area contributed by atoms with Gasteiger partial charge in [0.2, 0.25) is 5.43 Å². The number of carbonyl (C=O) groups is 3. The van der Waals surface area contributed by atoms with Gasteiger partial charge >= 0.3 is 5.97 Å². The highest BCUT2D eigenvalue weighted by molar-refractivity contribution is 6.32. The van der Waals surface area contributed by atoms with Crippen LogP contribution in [0.4, 0.5) is 0 Å². The van der Waals surface area contributed by atoms with Crippen LogP contribution < -0.4 is 32.2 Å². The van der Waals surface area contributed by atoms with Crippen LogP contribution in [0.2, 0.25) is 0 Å². The Morgan fingerprint density at radius 1 is 0.896 bits per heavy atom. The normalized spacial score (nSPS) is 21.2. The molecule has 3 atom stereocenters. The maximum absolute atomic E-state index is 14.0. The number of aliphatic hydroxyl groups is 2. The number of ketones is 2. The Morgan fingerprint density at radius 2 is 1.52 bits per heavy atom. The van der Waals surface area contributed by atoms with Crippen molar-refractivity contribution in [1.29, 1.82) is 0 Å². The molecule has 48 heavy (non-hydrogen) atoms. The van der Waals surface area contributed by atoms with Crippen LogP contribution in [0.3, 0.4) is 0 Å². The number of ether oxygens (including phenoxy) is 1. The van der Waals surface area contributed by atoms with Crippen LogP contribution in [0.15, 0.2) is 43.5 Å². The van der Waals surface area contributed by atoms with E-state index in [1.807, 2.05) is 0 Å². The van der Waals surface area contributed by atoms with Gasteiger partial charge in [0.25, 0.3) is 0 Å². The smallest absolute Gasteiger partial charge is 0.302 e. The van der Waals surface area contributed by atoms with Gasteiger partial charge in [0.15, 0.2) is 27.9 Å². The first-order chi connectivity index (χ1) is 22.4. The number of aryl methyl sites for hydroxylation is 1. The molecular formula is C36H28O12. The highest BCUT2D eigenvalue weighted by Gasteiger charge is 2.50. The van der Waals surface area contributed by atoms with Gasteiger partial charge in [-0.2, -0.15) is 0 Å². The fourth-order valence-corrected chi connectivity index (χ4v) is 7.41. The van der Waals surface area contributed by atoms with E-state index in [9.17, 15) is 54.0 Å². The summed E-state index contributed by atoms with van der Waals surface area (Å²) in [4.78, 5) is 93.1. The summed E-state index contributed by atoms with van der Waals surface area (Å²) in [5, 5.41) is 42.1. The van der Waals surface area contributed by atoms with Crippen molar-refractivity contribution >= 4 is 34.9 Å². The summed E-state index contributed by atoms with van der Waals surface area (Å²) in [5.74, 6) is -5.46. The van der Waals surface area contributed by atoms with E-state index in [1.165, 1.54) is 33.8 Å². The SMILES string of the molecule is CC(=O)OC(C)C1c2c(O)c3c(c(O)c2C(=O)CC1(C)O)C(=O)C(=c1ccc2c(=O)c4c(=C(C)O)c(C)cc(=O)c=4c(=O)c=2c1=O)C=C3. The van der Waals surface area contributed by atoms with Gasteiger partial charge in [-0.3, -0.25) is 33.6 Å². The number of phenols is 2. The fourth-order valence-electron chi connectivity index (χ4n) is 7.41. The second kappa shape index (κ2) is 10.6. The van der Waals surface area contributed by atoms with E-state index in [4.69, 9.17) is 4.74 Å².